The number of benzene rings is 1. The van der Waals surface area contributed by atoms with Gasteiger partial charge in [-0.25, -0.2) is 9.18 Å². The average molecular weight is 388 g/mol. The molecule has 0 aliphatic carbocycles. The van der Waals surface area contributed by atoms with E-state index < -0.39 is 0 Å². The van der Waals surface area contributed by atoms with Gasteiger partial charge in [0.25, 0.3) is 0 Å². The highest BCUT2D eigenvalue weighted by molar-refractivity contribution is 5.74. The van der Waals surface area contributed by atoms with E-state index in [2.05, 4.69) is 29.6 Å². The molecule has 7 nitrogen and oxygen atoms in total. The van der Waals surface area contributed by atoms with Crippen LogP contribution in [0.15, 0.2) is 30.6 Å². The molecule has 2 aliphatic heterocycles. The number of hydrogen-bond acceptors (Lipinski definition) is 4. The minimum absolute atomic E-state index is 0.126. The summed E-state index contributed by atoms with van der Waals surface area (Å²) in [6, 6.07) is 4.11. The molecule has 0 saturated carbocycles. The third-order valence-corrected chi connectivity index (χ3v) is 5.15. The van der Waals surface area contributed by atoms with Crippen molar-refractivity contribution < 1.29 is 18.7 Å². The Morgan fingerprint density at radius 2 is 2.21 bits per heavy atom. The molecule has 1 fully saturated rings. The van der Waals surface area contributed by atoms with Crippen LogP contribution in [-0.2, 0) is 11.2 Å². The van der Waals surface area contributed by atoms with Crippen molar-refractivity contribution >= 4 is 6.03 Å². The summed E-state index contributed by atoms with van der Waals surface area (Å²) in [7, 11) is 0. The molecule has 0 radical (unpaired) electrons. The minimum atomic E-state index is -0.305. The van der Waals surface area contributed by atoms with Crippen LogP contribution in [0.5, 0.6) is 5.75 Å². The summed E-state index contributed by atoms with van der Waals surface area (Å²) in [4.78, 5) is 12.5. The second kappa shape index (κ2) is 7.79. The zero-order valence-corrected chi connectivity index (χ0v) is 16.0. The number of urea groups is 1. The van der Waals surface area contributed by atoms with Crippen molar-refractivity contribution in [2.75, 3.05) is 13.2 Å². The van der Waals surface area contributed by atoms with Crippen LogP contribution < -0.4 is 15.4 Å². The average Bonchev–Trinajstić information content (AvgIpc) is 3.30. The molecule has 2 N–H and O–H groups in total. The molecule has 1 aromatic carbocycles. The van der Waals surface area contributed by atoms with Gasteiger partial charge in [-0.05, 0) is 50.5 Å². The molecule has 0 bridgehead atoms. The standard InChI is InChI=1S/C20H25FN4O3/c1-12(2)25-10-14(9-22-25)19-17(5-6-27-19)24-20(26)23-16-8-13-7-15(21)3-4-18(13)28-11-16/h3-4,7,9-10,12,16-17,19H,5-6,8,11H2,1-2H3,(H2,23,24,26)/t16?,17-,19+/m1/s1. The summed E-state index contributed by atoms with van der Waals surface area (Å²) in [5.74, 6) is 0.367. The Bertz CT molecular complexity index is 854. The largest absolute Gasteiger partial charge is 0.491 e. The van der Waals surface area contributed by atoms with Crippen LogP contribution in [0.3, 0.4) is 0 Å². The van der Waals surface area contributed by atoms with Crippen LogP contribution >= 0.6 is 0 Å². The summed E-state index contributed by atoms with van der Waals surface area (Å²) in [6.45, 7) is 5.07. The highest BCUT2D eigenvalue weighted by Gasteiger charge is 2.33. The number of aromatic nitrogens is 2. The number of amides is 2. The molecule has 1 aromatic heterocycles. The molecule has 150 valence electrons. The van der Waals surface area contributed by atoms with E-state index in [1.165, 1.54) is 12.1 Å². The summed E-state index contributed by atoms with van der Waals surface area (Å²) in [5.41, 5.74) is 1.72. The normalized spacial score (nSPS) is 23.9. The van der Waals surface area contributed by atoms with Crippen LogP contribution in [-0.4, -0.2) is 41.1 Å². The fourth-order valence-corrected chi connectivity index (χ4v) is 3.70. The van der Waals surface area contributed by atoms with E-state index in [-0.39, 0.29) is 36.1 Å². The van der Waals surface area contributed by atoms with Gasteiger partial charge in [-0.1, -0.05) is 0 Å². The van der Waals surface area contributed by atoms with E-state index >= 15 is 0 Å². The van der Waals surface area contributed by atoms with Crippen molar-refractivity contribution in [1.29, 1.82) is 0 Å². The molecule has 8 heteroatoms. The highest BCUT2D eigenvalue weighted by atomic mass is 19.1. The monoisotopic (exact) mass is 388 g/mol. The maximum atomic E-state index is 13.4. The molecule has 2 aromatic rings. The number of fused-ring (bicyclic) bond motifs is 1. The van der Waals surface area contributed by atoms with Gasteiger partial charge in [0, 0.05) is 24.4 Å². The van der Waals surface area contributed by atoms with E-state index in [4.69, 9.17) is 9.47 Å². The molecule has 0 spiro atoms. The summed E-state index contributed by atoms with van der Waals surface area (Å²) >= 11 is 0. The molecular weight excluding hydrogens is 363 g/mol. The number of ether oxygens (including phenoxy) is 2. The minimum Gasteiger partial charge on any atom is -0.491 e. The smallest absolute Gasteiger partial charge is 0.315 e. The van der Waals surface area contributed by atoms with Gasteiger partial charge < -0.3 is 20.1 Å². The SMILES string of the molecule is CC(C)n1cc([C@@H]2OCC[C@H]2NC(=O)NC2COc3ccc(F)cc3C2)cn1. The first-order chi connectivity index (χ1) is 13.5. The maximum Gasteiger partial charge on any atom is 0.315 e. The van der Waals surface area contributed by atoms with Crippen molar-refractivity contribution in [2.45, 2.75) is 50.9 Å². The number of hydrogen-bond donors (Lipinski definition) is 2. The van der Waals surface area contributed by atoms with Crippen LogP contribution in [0.2, 0.25) is 0 Å². The van der Waals surface area contributed by atoms with E-state index in [0.717, 1.165) is 17.5 Å². The Morgan fingerprint density at radius 1 is 1.36 bits per heavy atom. The van der Waals surface area contributed by atoms with E-state index in [0.29, 0.717) is 25.4 Å². The maximum absolute atomic E-state index is 13.4. The van der Waals surface area contributed by atoms with Crippen molar-refractivity contribution in [3.05, 3.63) is 47.5 Å². The van der Waals surface area contributed by atoms with Crippen molar-refractivity contribution in [3.63, 3.8) is 0 Å². The molecule has 1 saturated heterocycles. The zero-order chi connectivity index (χ0) is 19.7. The predicted octanol–water partition coefficient (Wildman–Crippen LogP) is 2.74. The van der Waals surface area contributed by atoms with Gasteiger partial charge in [-0.15, -0.1) is 0 Å². The second-order valence-electron chi connectivity index (χ2n) is 7.62. The molecule has 28 heavy (non-hydrogen) atoms. The quantitative estimate of drug-likeness (QED) is 0.844. The van der Waals surface area contributed by atoms with Crippen LogP contribution in [0.4, 0.5) is 9.18 Å². The second-order valence-corrected chi connectivity index (χ2v) is 7.62. The van der Waals surface area contributed by atoms with Crippen LogP contribution in [0, 0.1) is 5.82 Å². The van der Waals surface area contributed by atoms with Gasteiger partial charge in [-0.3, -0.25) is 4.68 Å². The Hall–Kier alpha value is -2.61. The molecule has 2 amide bonds. The number of halogens is 1. The first-order valence-electron chi connectivity index (χ1n) is 9.63. The lowest BCUT2D eigenvalue weighted by Crippen LogP contribution is -2.50. The van der Waals surface area contributed by atoms with Crippen molar-refractivity contribution in [2.24, 2.45) is 0 Å². The van der Waals surface area contributed by atoms with Gasteiger partial charge in [-0.2, -0.15) is 5.10 Å². The van der Waals surface area contributed by atoms with Gasteiger partial charge in [0.15, 0.2) is 0 Å². The van der Waals surface area contributed by atoms with Crippen molar-refractivity contribution in [3.8, 4) is 5.75 Å². The van der Waals surface area contributed by atoms with Gasteiger partial charge >= 0.3 is 6.03 Å². The summed E-state index contributed by atoms with van der Waals surface area (Å²) in [6.07, 6.45) is 4.82. The summed E-state index contributed by atoms with van der Waals surface area (Å²) in [5, 5.41) is 10.3. The third kappa shape index (κ3) is 3.96. The molecule has 3 atom stereocenters. The number of nitrogens with zero attached hydrogens (tertiary/aromatic N) is 2. The van der Waals surface area contributed by atoms with Gasteiger partial charge in [0.1, 0.15) is 24.3 Å². The molecule has 4 rings (SSSR count). The van der Waals surface area contributed by atoms with E-state index in [9.17, 15) is 9.18 Å². The predicted molar refractivity (Wildman–Crippen MR) is 101 cm³/mol. The van der Waals surface area contributed by atoms with Crippen LogP contribution in [0.1, 0.15) is 43.5 Å². The zero-order valence-electron chi connectivity index (χ0n) is 16.0. The molecule has 1 unspecified atom stereocenters. The fourth-order valence-electron chi connectivity index (χ4n) is 3.70. The Balaban J connectivity index is 1.35. The lowest BCUT2D eigenvalue weighted by Gasteiger charge is -2.27. The molecular formula is C20H25FN4O3. The van der Waals surface area contributed by atoms with E-state index in [1.54, 1.807) is 12.3 Å². The van der Waals surface area contributed by atoms with E-state index in [1.807, 2.05) is 10.9 Å². The lowest BCUT2D eigenvalue weighted by atomic mass is 10.0. The van der Waals surface area contributed by atoms with Crippen molar-refractivity contribution in [1.82, 2.24) is 20.4 Å². The summed E-state index contributed by atoms with van der Waals surface area (Å²) < 4.78 is 26.8. The molecule has 2 aliphatic rings. The molecule has 3 heterocycles. The first kappa shape index (κ1) is 18.7. The third-order valence-electron chi connectivity index (χ3n) is 5.15. The number of nitrogens with one attached hydrogen (secondary N) is 2. The number of carbonyl (C=O) groups excluding carboxylic acids is 1. The number of rotatable bonds is 4. The lowest BCUT2D eigenvalue weighted by molar-refractivity contribution is 0.0995. The highest BCUT2D eigenvalue weighted by Crippen LogP contribution is 2.29. The Kier molecular flexibility index (Phi) is 5.21. The van der Waals surface area contributed by atoms with Gasteiger partial charge in [0.05, 0.1) is 18.3 Å². The van der Waals surface area contributed by atoms with Gasteiger partial charge in [0.2, 0.25) is 0 Å². The topological polar surface area (TPSA) is 77.4 Å². The Morgan fingerprint density at radius 3 is 3.00 bits per heavy atom. The fraction of sp³-hybridized carbons (Fsp3) is 0.500. The number of carbonyl (C=O) groups is 1. The Labute approximate surface area is 163 Å². The van der Waals surface area contributed by atoms with Crippen LogP contribution in [0.25, 0.3) is 0 Å². The first-order valence-corrected chi connectivity index (χ1v) is 9.63.